The van der Waals surface area contributed by atoms with Crippen molar-refractivity contribution in [1.29, 1.82) is 5.26 Å². The first-order valence-electron chi connectivity index (χ1n) is 4.16. The third kappa shape index (κ3) is 5.33. The van der Waals surface area contributed by atoms with Gasteiger partial charge in [-0.05, 0) is 31.8 Å². The maximum absolute atomic E-state index is 8.45. The third-order valence-corrected chi connectivity index (χ3v) is 2.23. The molecule has 3 nitrogen and oxygen atoms in total. The van der Waals surface area contributed by atoms with E-state index in [1.807, 2.05) is 0 Å². The van der Waals surface area contributed by atoms with Crippen molar-refractivity contribution >= 4 is 24.8 Å². The molecule has 0 aromatic heterocycles. The number of halogens is 2. The number of nitrogens with two attached hydrogens (primary N) is 1. The fraction of sp³-hybridized carbons (Fsp3) is 0.875. The minimum absolute atomic E-state index is 0. The highest BCUT2D eigenvalue weighted by Crippen LogP contribution is 2.14. The van der Waals surface area contributed by atoms with Gasteiger partial charge in [-0.25, -0.2) is 0 Å². The van der Waals surface area contributed by atoms with Crippen LogP contribution >= 0.6 is 24.8 Å². The first-order chi connectivity index (χ1) is 5.36. The van der Waals surface area contributed by atoms with E-state index in [0.717, 1.165) is 19.6 Å². The Kier molecular flexibility index (Phi) is 10.2. The molecule has 0 bridgehead atoms. The van der Waals surface area contributed by atoms with Crippen LogP contribution in [-0.4, -0.2) is 31.1 Å². The van der Waals surface area contributed by atoms with Gasteiger partial charge in [0.05, 0.1) is 12.6 Å². The second-order valence-corrected chi connectivity index (χ2v) is 3.14. The molecular weight excluding hydrogens is 209 g/mol. The molecule has 1 aliphatic heterocycles. The van der Waals surface area contributed by atoms with Crippen molar-refractivity contribution in [3.8, 4) is 6.07 Å². The molecule has 1 fully saturated rings. The SMILES string of the molecule is Cl.Cl.N#CCN1CCCC(CN)C1. The van der Waals surface area contributed by atoms with Gasteiger partial charge < -0.3 is 5.73 Å². The molecule has 0 spiro atoms. The zero-order valence-corrected chi connectivity index (χ0v) is 9.24. The number of likely N-dealkylation sites (tertiary alicyclic amines) is 1. The highest BCUT2D eigenvalue weighted by Gasteiger charge is 2.17. The predicted molar refractivity (Wildman–Crippen MR) is 58.3 cm³/mol. The van der Waals surface area contributed by atoms with Crippen molar-refractivity contribution < 1.29 is 0 Å². The van der Waals surface area contributed by atoms with E-state index in [9.17, 15) is 0 Å². The molecule has 1 saturated heterocycles. The molecule has 1 aliphatic rings. The lowest BCUT2D eigenvalue weighted by Gasteiger charge is -2.29. The number of piperidine rings is 1. The van der Waals surface area contributed by atoms with Crippen molar-refractivity contribution in [2.45, 2.75) is 12.8 Å². The number of hydrogen-bond donors (Lipinski definition) is 1. The standard InChI is InChI=1S/C8H15N3.2ClH/c9-3-5-11-4-1-2-8(6-10)7-11;;/h8H,1-2,4-7,10H2;2*1H. The Hall–Kier alpha value is -0.0100. The number of rotatable bonds is 2. The van der Waals surface area contributed by atoms with E-state index in [1.165, 1.54) is 12.8 Å². The van der Waals surface area contributed by atoms with E-state index in [4.69, 9.17) is 11.0 Å². The lowest BCUT2D eigenvalue weighted by Crippen LogP contribution is -2.38. The summed E-state index contributed by atoms with van der Waals surface area (Å²) in [6.45, 7) is 3.42. The summed E-state index contributed by atoms with van der Waals surface area (Å²) in [4.78, 5) is 2.18. The van der Waals surface area contributed by atoms with Crippen molar-refractivity contribution in [3.63, 3.8) is 0 Å². The van der Waals surface area contributed by atoms with Gasteiger partial charge in [0.15, 0.2) is 0 Å². The lowest BCUT2D eigenvalue weighted by molar-refractivity contribution is 0.197. The largest absolute Gasteiger partial charge is 0.330 e. The van der Waals surface area contributed by atoms with Crippen LogP contribution in [0.25, 0.3) is 0 Å². The quantitative estimate of drug-likeness (QED) is 0.715. The van der Waals surface area contributed by atoms with E-state index in [1.54, 1.807) is 0 Å². The van der Waals surface area contributed by atoms with Gasteiger partial charge in [0.25, 0.3) is 0 Å². The third-order valence-electron chi connectivity index (χ3n) is 2.23. The van der Waals surface area contributed by atoms with Gasteiger partial charge in [0.1, 0.15) is 0 Å². The van der Waals surface area contributed by atoms with Crippen LogP contribution in [0.1, 0.15) is 12.8 Å². The Morgan fingerprint density at radius 2 is 2.15 bits per heavy atom. The second kappa shape index (κ2) is 8.58. The Morgan fingerprint density at radius 3 is 2.69 bits per heavy atom. The van der Waals surface area contributed by atoms with E-state index in [0.29, 0.717) is 12.5 Å². The summed E-state index contributed by atoms with van der Waals surface area (Å²) in [7, 11) is 0. The van der Waals surface area contributed by atoms with Gasteiger partial charge in [-0.3, -0.25) is 4.90 Å². The van der Waals surface area contributed by atoms with Crippen LogP contribution in [0.3, 0.4) is 0 Å². The van der Waals surface area contributed by atoms with Gasteiger partial charge in [-0.1, -0.05) is 0 Å². The molecule has 1 heterocycles. The Bertz CT molecular complexity index is 158. The second-order valence-electron chi connectivity index (χ2n) is 3.14. The molecule has 1 unspecified atom stereocenters. The van der Waals surface area contributed by atoms with E-state index in [2.05, 4.69) is 11.0 Å². The summed E-state index contributed by atoms with van der Waals surface area (Å²) in [5.41, 5.74) is 5.55. The molecule has 0 saturated carbocycles. The van der Waals surface area contributed by atoms with Crippen LogP contribution in [0.15, 0.2) is 0 Å². The van der Waals surface area contributed by atoms with Crippen LogP contribution in [0.2, 0.25) is 0 Å². The number of nitriles is 1. The zero-order chi connectivity index (χ0) is 8.10. The number of hydrogen-bond acceptors (Lipinski definition) is 3. The minimum atomic E-state index is 0. The van der Waals surface area contributed by atoms with Crippen LogP contribution in [0.4, 0.5) is 0 Å². The molecule has 0 aromatic rings. The fourth-order valence-corrected chi connectivity index (χ4v) is 1.59. The zero-order valence-electron chi connectivity index (χ0n) is 7.61. The Balaban J connectivity index is 0. The van der Waals surface area contributed by atoms with Crippen molar-refractivity contribution in [2.24, 2.45) is 11.7 Å². The van der Waals surface area contributed by atoms with Crippen molar-refractivity contribution in [3.05, 3.63) is 0 Å². The molecule has 13 heavy (non-hydrogen) atoms. The summed E-state index contributed by atoms with van der Waals surface area (Å²) in [5.74, 6) is 0.622. The summed E-state index contributed by atoms with van der Waals surface area (Å²) in [6.07, 6.45) is 2.43. The molecule has 0 aliphatic carbocycles. The highest BCUT2D eigenvalue weighted by molar-refractivity contribution is 5.85. The van der Waals surface area contributed by atoms with Crippen LogP contribution in [0.5, 0.6) is 0 Å². The van der Waals surface area contributed by atoms with Crippen molar-refractivity contribution in [1.82, 2.24) is 4.90 Å². The Morgan fingerprint density at radius 1 is 1.46 bits per heavy atom. The van der Waals surface area contributed by atoms with E-state index < -0.39 is 0 Å². The summed E-state index contributed by atoms with van der Waals surface area (Å²) < 4.78 is 0. The van der Waals surface area contributed by atoms with Gasteiger partial charge >= 0.3 is 0 Å². The van der Waals surface area contributed by atoms with Gasteiger partial charge in [-0.15, -0.1) is 24.8 Å². The maximum Gasteiger partial charge on any atom is 0.0866 e. The molecule has 1 atom stereocenters. The van der Waals surface area contributed by atoms with Crippen molar-refractivity contribution in [2.75, 3.05) is 26.2 Å². The average molecular weight is 226 g/mol. The topological polar surface area (TPSA) is 53.0 Å². The predicted octanol–water partition coefficient (Wildman–Crippen LogP) is 1.02. The summed E-state index contributed by atoms with van der Waals surface area (Å²) in [6, 6.07) is 2.17. The fourth-order valence-electron chi connectivity index (χ4n) is 1.59. The van der Waals surface area contributed by atoms with Gasteiger partial charge in [0, 0.05) is 6.54 Å². The number of nitrogens with zero attached hydrogens (tertiary/aromatic N) is 2. The molecule has 0 amide bonds. The maximum atomic E-state index is 8.45. The van der Waals surface area contributed by atoms with E-state index in [-0.39, 0.29) is 24.8 Å². The van der Waals surface area contributed by atoms with Gasteiger partial charge in [-0.2, -0.15) is 5.26 Å². The molecule has 0 radical (unpaired) electrons. The molecule has 5 heteroatoms. The summed E-state index contributed by atoms with van der Waals surface area (Å²) in [5, 5.41) is 8.45. The highest BCUT2D eigenvalue weighted by atomic mass is 35.5. The monoisotopic (exact) mass is 225 g/mol. The molecule has 0 aromatic carbocycles. The molecule has 1 rings (SSSR count). The van der Waals surface area contributed by atoms with Crippen LogP contribution < -0.4 is 5.73 Å². The minimum Gasteiger partial charge on any atom is -0.330 e. The molecular formula is C8H17Cl2N3. The van der Waals surface area contributed by atoms with E-state index >= 15 is 0 Å². The smallest absolute Gasteiger partial charge is 0.0866 e. The van der Waals surface area contributed by atoms with Gasteiger partial charge in [0.2, 0.25) is 0 Å². The summed E-state index contributed by atoms with van der Waals surface area (Å²) >= 11 is 0. The Labute approximate surface area is 92.1 Å². The average Bonchev–Trinajstić information content (AvgIpc) is 2.06. The molecule has 78 valence electrons. The lowest BCUT2D eigenvalue weighted by atomic mass is 9.98. The first kappa shape index (κ1) is 15.5. The normalized spacial score (nSPS) is 22.3. The first-order valence-corrected chi connectivity index (χ1v) is 4.16. The van der Waals surface area contributed by atoms with Crippen LogP contribution in [-0.2, 0) is 0 Å². The van der Waals surface area contributed by atoms with Crippen LogP contribution in [0, 0.1) is 17.2 Å². The molecule has 2 N–H and O–H groups in total.